The molecule has 120 valence electrons. The highest BCUT2D eigenvalue weighted by Gasteiger charge is 2.34. The van der Waals surface area contributed by atoms with Crippen molar-refractivity contribution in [3.05, 3.63) is 36.0 Å². The van der Waals surface area contributed by atoms with E-state index in [1.807, 2.05) is 30.5 Å². The van der Waals surface area contributed by atoms with Gasteiger partial charge in [0.15, 0.2) is 13.4 Å². The summed E-state index contributed by atoms with van der Waals surface area (Å²) >= 11 is 0. The van der Waals surface area contributed by atoms with Gasteiger partial charge in [-0.25, -0.2) is 0 Å². The largest absolute Gasteiger partial charge is 0.774 e. The van der Waals surface area contributed by atoms with Gasteiger partial charge in [0.25, 0.3) is 0 Å². The highest BCUT2D eigenvalue weighted by Crippen LogP contribution is 2.41. The third-order valence-electron chi connectivity index (χ3n) is 4.69. The van der Waals surface area contributed by atoms with E-state index in [0.29, 0.717) is 6.42 Å². The number of para-hydroxylation sites is 1. The third kappa shape index (κ3) is 3.13. The van der Waals surface area contributed by atoms with Crippen LogP contribution >= 0.6 is 7.60 Å². The van der Waals surface area contributed by atoms with Crippen molar-refractivity contribution >= 4 is 18.5 Å². The fourth-order valence-corrected chi connectivity index (χ4v) is 4.84. The SMILES string of the molecule is COP(=O)([O-])[C@@H](Cc1c[nH]c2ccccc12)[NH+]1CCCCC1. The molecule has 2 atom stereocenters. The molecular weight excluding hydrogens is 299 g/mol. The first-order valence-corrected chi connectivity index (χ1v) is 9.49. The van der Waals surface area contributed by atoms with E-state index in [2.05, 4.69) is 4.98 Å². The van der Waals surface area contributed by atoms with Gasteiger partial charge in [0, 0.05) is 30.6 Å². The van der Waals surface area contributed by atoms with Gasteiger partial charge >= 0.3 is 0 Å². The zero-order valence-corrected chi connectivity index (χ0v) is 13.8. The number of nitrogens with one attached hydrogen (secondary N) is 2. The first kappa shape index (κ1) is 15.8. The number of aromatic nitrogens is 1. The predicted molar refractivity (Wildman–Crippen MR) is 85.0 cm³/mol. The van der Waals surface area contributed by atoms with Crippen LogP contribution in [0.15, 0.2) is 30.5 Å². The minimum Gasteiger partial charge on any atom is -0.774 e. The molecule has 1 aromatic carbocycles. The zero-order chi connectivity index (χ0) is 15.6. The Morgan fingerprint density at radius 3 is 2.77 bits per heavy atom. The third-order valence-corrected chi connectivity index (χ3v) is 6.51. The molecule has 0 spiro atoms. The Hall–Kier alpha value is -1.13. The van der Waals surface area contributed by atoms with E-state index in [1.165, 1.54) is 13.5 Å². The number of benzene rings is 1. The predicted octanol–water partition coefficient (Wildman–Crippen LogP) is 1.31. The average molecular weight is 322 g/mol. The second kappa shape index (κ2) is 6.55. The van der Waals surface area contributed by atoms with Gasteiger partial charge in [0.1, 0.15) is 0 Å². The monoisotopic (exact) mass is 322 g/mol. The van der Waals surface area contributed by atoms with Crippen molar-refractivity contribution in [3.63, 3.8) is 0 Å². The highest BCUT2D eigenvalue weighted by molar-refractivity contribution is 7.51. The summed E-state index contributed by atoms with van der Waals surface area (Å²) in [5, 5.41) is 1.10. The molecule has 1 unspecified atom stereocenters. The molecule has 6 heteroatoms. The highest BCUT2D eigenvalue weighted by atomic mass is 31.2. The van der Waals surface area contributed by atoms with Gasteiger partial charge in [-0.3, -0.25) is 0 Å². The van der Waals surface area contributed by atoms with E-state index in [-0.39, 0.29) is 0 Å². The number of hydrogen-bond acceptors (Lipinski definition) is 3. The Labute approximate surface area is 130 Å². The fourth-order valence-electron chi connectivity index (χ4n) is 3.45. The standard InChI is InChI=1S/C16H23N2O3P/c1-21-22(19,20)16(18-9-5-2-6-10-18)11-13-12-17-15-8-4-3-7-14(13)15/h3-4,7-8,12,16-17H,2,5-6,9-11H2,1H3,(H,19,20)/t16-/m0/s1. The summed E-state index contributed by atoms with van der Waals surface area (Å²) in [6, 6.07) is 8.00. The summed E-state index contributed by atoms with van der Waals surface area (Å²) in [7, 11) is -2.59. The van der Waals surface area contributed by atoms with Crippen LogP contribution in [0.2, 0.25) is 0 Å². The average Bonchev–Trinajstić information content (AvgIpc) is 2.96. The molecule has 2 aromatic rings. The second-order valence-corrected chi connectivity index (χ2v) is 8.09. The Balaban J connectivity index is 1.90. The molecular formula is C16H23N2O3P. The van der Waals surface area contributed by atoms with Gasteiger partial charge in [0.2, 0.25) is 0 Å². The summed E-state index contributed by atoms with van der Waals surface area (Å²) in [6.45, 7) is 1.81. The zero-order valence-electron chi connectivity index (χ0n) is 12.9. The molecule has 0 saturated carbocycles. The van der Waals surface area contributed by atoms with Gasteiger partial charge in [-0.1, -0.05) is 18.2 Å². The fraction of sp³-hybridized carbons (Fsp3) is 0.500. The molecule has 5 nitrogen and oxygen atoms in total. The molecule has 1 aliphatic heterocycles. The van der Waals surface area contributed by atoms with Crippen LogP contribution in [0, 0.1) is 0 Å². The molecule has 1 saturated heterocycles. The maximum Gasteiger partial charge on any atom is 0.192 e. The Morgan fingerprint density at radius 1 is 1.32 bits per heavy atom. The van der Waals surface area contributed by atoms with Crippen LogP contribution in [0.5, 0.6) is 0 Å². The number of likely N-dealkylation sites (tertiary alicyclic amines) is 1. The van der Waals surface area contributed by atoms with E-state index < -0.39 is 13.4 Å². The summed E-state index contributed by atoms with van der Waals surface area (Å²) in [5.74, 6) is -0.503. The molecule has 0 amide bonds. The van der Waals surface area contributed by atoms with Crippen LogP contribution in [0.1, 0.15) is 24.8 Å². The smallest absolute Gasteiger partial charge is 0.192 e. The molecule has 2 heterocycles. The quantitative estimate of drug-likeness (QED) is 0.816. The lowest BCUT2D eigenvalue weighted by Crippen LogP contribution is -3.16. The van der Waals surface area contributed by atoms with Crippen LogP contribution < -0.4 is 9.79 Å². The number of fused-ring (bicyclic) bond motifs is 1. The van der Waals surface area contributed by atoms with Crippen LogP contribution in [0.4, 0.5) is 0 Å². The van der Waals surface area contributed by atoms with Gasteiger partial charge in [0.05, 0.1) is 13.1 Å². The van der Waals surface area contributed by atoms with Crippen LogP contribution in [-0.2, 0) is 15.5 Å². The Bertz CT molecular complexity index is 679. The van der Waals surface area contributed by atoms with Crippen molar-refractivity contribution in [2.75, 3.05) is 20.2 Å². The molecule has 0 radical (unpaired) electrons. The maximum absolute atomic E-state index is 12.4. The number of aromatic amines is 1. The number of hydrogen-bond donors (Lipinski definition) is 2. The molecule has 0 aliphatic carbocycles. The summed E-state index contributed by atoms with van der Waals surface area (Å²) in [5.41, 5.74) is 2.09. The van der Waals surface area contributed by atoms with Gasteiger partial charge < -0.3 is 23.9 Å². The minimum atomic E-state index is -3.87. The second-order valence-electron chi connectivity index (χ2n) is 6.02. The molecule has 3 rings (SSSR count). The first-order chi connectivity index (χ1) is 10.6. The maximum atomic E-state index is 12.4. The number of H-pyrrole nitrogens is 1. The minimum absolute atomic E-state index is 0.494. The van der Waals surface area contributed by atoms with Crippen molar-refractivity contribution in [2.45, 2.75) is 31.5 Å². The van der Waals surface area contributed by atoms with Crippen LogP contribution in [0.3, 0.4) is 0 Å². The molecule has 2 N–H and O–H groups in total. The lowest BCUT2D eigenvalue weighted by molar-refractivity contribution is -0.918. The Kier molecular flexibility index (Phi) is 4.69. The van der Waals surface area contributed by atoms with Crippen molar-refractivity contribution in [1.82, 2.24) is 4.98 Å². The van der Waals surface area contributed by atoms with Crippen molar-refractivity contribution in [3.8, 4) is 0 Å². The number of rotatable bonds is 5. The topological polar surface area (TPSA) is 69.6 Å². The molecule has 1 aliphatic rings. The number of quaternary nitrogens is 1. The molecule has 1 aromatic heterocycles. The van der Waals surface area contributed by atoms with Gasteiger partial charge in [-0.2, -0.15) is 0 Å². The van der Waals surface area contributed by atoms with E-state index >= 15 is 0 Å². The first-order valence-electron chi connectivity index (χ1n) is 7.88. The molecule has 1 fully saturated rings. The lowest BCUT2D eigenvalue weighted by Gasteiger charge is -2.38. The molecule has 0 bridgehead atoms. The van der Waals surface area contributed by atoms with Crippen molar-refractivity contribution < 1.29 is 18.9 Å². The summed E-state index contributed by atoms with van der Waals surface area (Å²) in [4.78, 5) is 16.8. The van der Waals surface area contributed by atoms with Crippen LogP contribution in [-0.4, -0.2) is 31.0 Å². The van der Waals surface area contributed by atoms with Gasteiger partial charge in [-0.15, -0.1) is 0 Å². The van der Waals surface area contributed by atoms with Crippen LogP contribution in [0.25, 0.3) is 10.9 Å². The van der Waals surface area contributed by atoms with E-state index in [4.69, 9.17) is 4.52 Å². The van der Waals surface area contributed by atoms with Crippen molar-refractivity contribution in [2.24, 2.45) is 0 Å². The molecule has 22 heavy (non-hydrogen) atoms. The lowest BCUT2D eigenvalue weighted by atomic mass is 10.1. The summed E-state index contributed by atoms with van der Waals surface area (Å²) in [6.07, 6.45) is 5.79. The van der Waals surface area contributed by atoms with E-state index in [0.717, 1.165) is 47.3 Å². The number of piperidine rings is 1. The van der Waals surface area contributed by atoms with Gasteiger partial charge in [-0.05, 0) is 30.9 Å². The Morgan fingerprint density at radius 2 is 2.05 bits per heavy atom. The van der Waals surface area contributed by atoms with E-state index in [1.54, 1.807) is 0 Å². The van der Waals surface area contributed by atoms with E-state index in [9.17, 15) is 9.46 Å². The normalized spacial score (nSPS) is 20.8. The summed E-state index contributed by atoms with van der Waals surface area (Å²) < 4.78 is 17.3. The van der Waals surface area contributed by atoms with Crippen molar-refractivity contribution in [1.29, 1.82) is 0 Å².